The molecule has 0 aliphatic carbocycles. The fraction of sp³-hybridized carbons (Fsp3) is 0.357. The van der Waals surface area contributed by atoms with Crippen LogP contribution in [0.2, 0.25) is 0 Å². The summed E-state index contributed by atoms with van der Waals surface area (Å²) in [7, 11) is 0. The van der Waals surface area contributed by atoms with Gasteiger partial charge in [0.25, 0.3) is 5.82 Å². The summed E-state index contributed by atoms with van der Waals surface area (Å²) in [6, 6.07) is 5.42. The molecule has 1 unspecified atom stereocenters. The number of fused-ring (bicyclic) bond motifs is 1. The average Bonchev–Trinajstić information content (AvgIpc) is 3.24. The Balaban J connectivity index is 1.77. The van der Waals surface area contributed by atoms with E-state index in [1.54, 1.807) is 17.4 Å². The lowest BCUT2D eigenvalue weighted by atomic mass is 10.1. The number of rotatable bonds is 2. The van der Waals surface area contributed by atoms with E-state index in [0.29, 0.717) is 5.82 Å². The third-order valence-electron chi connectivity index (χ3n) is 3.98. The van der Waals surface area contributed by atoms with E-state index in [2.05, 4.69) is 20.7 Å². The lowest BCUT2D eigenvalue weighted by Crippen LogP contribution is -2.24. The van der Waals surface area contributed by atoms with Gasteiger partial charge in [0.15, 0.2) is 5.65 Å². The summed E-state index contributed by atoms with van der Waals surface area (Å²) >= 11 is 1.61. The van der Waals surface area contributed by atoms with Crippen LogP contribution in [0.25, 0.3) is 5.65 Å². The number of anilines is 1. The number of hydrogen-bond acceptors (Lipinski definition) is 5. The average molecular weight is 339 g/mol. The summed E-state index contributed by atoms with van der Waals surface area (Å²) < 4.78 is 39.7. The number of nitrogens with zero attached hydrogens (tertiary/aromatic N) is 5. The summed E-state index contributed by atoms with van der Waals surface area (Å²) in [6.07, 6.45) is -2.64. The molecule has 0 spiro atoms. The van der Waals surface area contributed by atoms with Crippen molar-refractivity contribution in [3.05, 3.63) is 40.3 Å². The minimum Gasteiger partial charge on any atom is -0.348 e. The van der Waals surface area contributed by atoms with Gasteiger partial charge < -0.3 is 4.90 Å². The van der Waals surface area contributed by atoms with Crippen molar-refractivity contribution in [2.75, 3.05) is 11.4 Å². The van der Waals surface area contributed by atoms with Crippen LogP contribution in [-0.4, -0.2) is 26.4 Å². The number of alkyl halides is 3. The van der Waals surface area contributed by atoms with Crippen molar-refractivity contribution in [2.45, 2.75) is 25.1 Å². The van der Waals surface area contributed by atoms with E-state index in [0.717, 1.165) is 23.9 Å². The Kier molecular flexibility index (Phi) is 3.26. The van der Waals surface area contributed by atoms with Gasteiger partial charge in [0, 0.05) is 6.54 Å². The van der Waals surface area contributed by atoms with Crippen LogP contribution in [0.3, 0.4) is 0 Å². The van der Waals surface area contributed by atoms with Crippen LogP contribution in [0.4, 0.5) is 19.0 Å². The molecule has 1 fully saturated rings. The van der Waals surface area contributed by atoms with Gasteiger partial charge in [0.05, 0.1) is 6.04 Å². The minimum absolute atomic E-state index is 0.0901. The molecule has 0 amide bonds. The van der Waals surface area contributed by atoms with Crippen molar-refractivity contribution >= 4 is 22.8 Å². The van der Waals surface area contributed by atoms with Gasteiger partial charge >= 0.3 is 6.18 Å². The molecule has 0 bridgehead atoms. The highest BCUT2D eigenvalue weighted by molar-refractivity contribution is 7.08. The first kappa shape index (κ1) is 14.4. The third-order valence-corrected chi connectivity index (χ3v) is 4.68. The third kappa shape index (κ3) is 2.44. The predicted molar refractivity (Wildman–Crippen MR) is 79.4 cm³/mol. The summed E-state index contributed by atoms with van der Waals surface area (Å²) in [5, 5.41) is 15.0. The van der Waals surface area contributed by atoms with E-state index in [1.165, 1.54) is 11.6 Å². The topological polar surface area (TPSA) is 46.3 Å². The quantitative estimate of drug-likeness (QED) is 0.716. The molecule has 0 N–H and O–H groups in total. The number of halogens is 3. The molecule has 9 heteroatoms. The second-order valence-electron chi connectivity index (χ2n) is 5.39. The highest BCUT2D eigenvalue weighted by Gasteiger charge is 2.38. The van der Waals surface area contributed by atoms with Crippen LogP contribution in [0.15, 0.2) is 29.0 Å². The minimum atomic E-state index is -4.58. The van der Waals surface area contributed by atoms with E-state index < -0.39 is 12.0 Å². The van der Waals surface area contributed by atoms with E-state index in [9.17, 15) is 13.2 Å². The second kappa shape index (κ2) is 5.19. The van der Waals surface area contributed by atoms with Crippen molar-refractivity contribution in [2.24, 2.45) is 0 Å². The fourth-order valence-corrected chi connectivity index (χ4v) is 3.67. The lowest BCUT2D eigenvalue weighted by Gasteiger charge is -2.25. The van der Waals surface area contributed by atoms with Crippen LogP contribution >= 0.6 is 11.3 Å². The first-order valence-electron chi connectivity index (χ1n) is 7.12. The molecular formula is C14H12F3N5S. The largest absolute Gasteiger partial charge is 0.453 e. The Morgan fingerprint density at radius 3 is 2.78 bits per heavy atom. The van der Waals surface area contributed by atoms with Crippen LogP contribution in [0.1, 0.15) is 30.3 Å². The summed E-state index contributed by atoms with van der Waals surface area (Å²) in [6.45, 7) is 0.766. The predicted octanol–water partition coefficient (Wildman–Crippen LogP) is 3.55. The van der Waals surface area contributed by atoms with Crippen molar-refractivity contribution < 1.29 is 13.2 Å². The molecule has 0 aromatic carbocycles. The van der Waals surface area contributed by atoms with Gasteiger partial charge in [-0.25, -0.2) is 0 Å². The van der Waals surface area contributed by atoms with Gasteiger partial charge in [0.1, 0.15) is 5.82 Å². The van der Waals surface area contributed by atoms with Gasteiger partial charge in [-0.15, -0.1) is 15.3 Å². The molecule has 5 nitrogen and oxygen atoms in total. The zero-order valence-corrected chi connectivity index (χ0v) is 12.7. The maximum atomic E-state index is 13.0. The van der Waals surface area contributed by atoms with E-state index in [1.807, 2.05) is 16.3 Å². The highest BCUT2D eigenvalue weighted by atomic mass is 32.1. The van der Waals surface area contributed by atoms with E-state index in [4.69, 9.17) is 0 Å². The zero-order valence-electron chi connectivity index (χ0n) is 11.9. The van der Waals surface area contributed by atoms with Gasteiger partial charge in [-0.05, 0) is 47.4 Å². The smallest absolute Gasteiger partial charge is 0.348 e. The Hall–Kier alpha value is -2.16. The van der Waals surface area contributed by atoms with Crippen molar-refractivity contribution in [3.63, 3.8) is 0 Å². The molecular weight excluding hydrogens is 327 g/mol. The first-order valence-corrected chi connectivity index (χ1v) is 8.07. The molecule has 23 heavy (non-hydrogen) atoms. The lowest BCUT2D eigenvalue weighted by molar-refractivity contribution is -0.146. The maximum Gasteiger partial charge on any atom is 0.453 e. The molecule has 0 saturated carbocycles. The summed E-state index contributed by atoms with van der Waals surface area (Å²) in [5.41, 5.74) is 1.27. The maximum absolute atomic E-state index is 13.0. The summed E-state index contributed by atoms with van der Waals surface area (Å²) in [5.74, 6) is -0.586. The molecule has 1 aliphatic heterocycles. The van der Waals surface area contributed by atoms with E-state index in [-0.39, 0.29) is 11.7 Å². The Bertz CT molecular complexity index is 827. The standard InChI is InChI=1S/C14H12F3N5S/c15-14(16,17)13-19-18-11-3-4-12(20-22(11)13)21-6-1-2-10(21)9-5-7-23-8-9/h3-5,7-8,10H,1-2,6H2. The summed E-state index contributed by atoms with van der Waals surface area (Å²) in [4.78, 5) is 2.04. The molecule has 1 aliphatic rings. The monoisotopic (exact) mass is 339 g/mol. The van der Waals surface area contributed by atoms with Gasteiger partial charge in [0.2, 0.25) is 0 Å². The molecule has 4 rings (SSSR count). The fourth-order valence-electron chi connectivity index (χ4n) is 2.96. The van der Waals surface area contributed by atoms with Crippen molar-refractivity contribution in [1.82, 2.24) is 19.8 Å². The SMILES string of the molecule is FC(F)(F)c1nnc2ccc(N3CCCC3c3ccsc3)nn12. The Morgan fingerprint density at radius 1 is 1.17 bits per heavy atom. The van der Waals surface area contributed by atoms with Crippen LogP contribution in [0, 0.1) is 0 Å². The van der Waals surface area contributed by atoms with Crippen LogP contribution < -0.4 is 4.90 Å². The molecule has 3 aromatic heterocycles. The molecule has 1 saturated heterocycles. The molecule has 1 atom stereocenters. The van der Waals surface area contributed by atoms with Crippen LogP contribution in [0.5, 0.6) is 0 Å². The first-order chi connectivity index (χ1) is 11.0. The van der Waals surface area contributed by atoms with Crippen LogP contribution in [-0.2, 0) is 6.18 Å². The second-order valence-corrected chi connectivity index (χ2v) is 6.17. The Labute approximate surface area is 133 Å². The number of hydrogen-bond donors (Lipinski definition) is 0. The molecule has 120 valence electrons. The highest BCUT2D eigenvalue weighted by Crippen LogP contribution is 2.36. The number of thiophene rings is 1. The van der Waals surface area contributed by atoms with E-state index >= 15 is 0 Å². The number of aromatic nitrogens is 4. The van der Waals surface area contributed by atoms with Gasteiger partial charge in [-0.1, -0.05) is 0 Å². The molecule has 3 aromatic rings. The Morgan fingerprint density at radius 2 is 2.04 bits per heavy atom. The van der Waals surface area contributed by atoms with Crippen molar-refractivity contribution in [1.29, 1.82) is 0 Å². The molecule has 4 heterocycles. The normalized spacial score (nSPS) is 18.9. The zero-order chi connectivity index (χ0) is 16.0. The van der Waals surface area contributed by atoms with Gasteiger partial charge in [-0.3, -0.25) is 0 Å². The molecule has 0 radical (unpaired) electrons. The van der Waals surface area contributed by atoms with Gasteiger partial charge in [-0.2, -0.15) is 29.0 Å². The van der Waals surface area contributed by atoms with Crippen molar-refractivity contribution in [3.8, 4) is 0 Å².